The van der Waals surface area contributed by atoms with Crippen molar-refractivity contribution in [3.8, 4) is 0 Å². The molecule has 1 saturated heterocycles. The van der Waals surface area contributed by atoms with Gasteiger partial charge >= 0.3 is 0 Å². The summed E-state index contributed by atoms with van der Waals surface area (Å²) in [6.45, 7) is 1.85. The smallest absolute Gasteiger partial charge is 0.233 e. The summed E-state index contributed by atoms with van der Waals surface area (Å²) in [5.74, 6) is 0.861. The maximum atomic E-state index is 12.0. The maximum Gasteiger partial charge on any atom is 0.233 e. The van der Waals surface area contributed by atoms with Crippen LogP contribution in [0.25, 0.3) is 0 Å². The molecule has 1 unspecified atom stereocenters. The maximum absolute atomic E-state index is 12.0. The zero-order valence-corrected chi connectivity index (χ0v) is 14.9. The molecule has 0 aromatic heterocycles. The largest absolute Gasteiger partial charge is 0.326 e. The molecule has 0 aliphatic carbocycles. The molecule has 3 nitrogen and oxygen atoms in total. The number of benzene rings is 1. The molecule has 1 heterocycles. The molecule has 0 bridgehead atoms. The van der Waals surface area contributed by atoms with Crippen LogP contribution in [0.15, 0.2) is 28.7 Å². The number of carbonyl (C=O) groups excluding carboxylic acids is 1. The molecular formula is C14H20BrClN2OS. The van der Waals surface area contributed by atoms with Crippen molar-refractivity contribution < 1.29 is 4.79 Å². The molecule has 20 heavy (non-hydrogen) atoms. The van der Waals surface area contributed by atoms with Crippen molar-refractivity contribution >= 4 is 46.0 Å². The van der Waals surface area contributed by atoms with Crippen molar-refractivity contribution in [2.75, 3.05) is 32.9 Å². The normalized spacial score (nSPS) is 18.5. The molecule has 1 aliphatic heterocycles. The fourth-order valence-corrected chi connectivity index (χ4v) is 3.64. The van der Waals surface area contributed by atoms with Crippen LogP contribution in [0, 0.1) is 0 Å². The zero-order chi connectivity index (χ0) is 13.8. The van der Waals surface area contributed by atoms with E-state index < -0.39 is 0 Å². The average Bonchev–Trinajstić information content (AvgIpc) is 2.72. The molecule has 0 saturated carbocycles. The highest BCUT2D eigenvalue weighted by Gasteiger charge is 2.32. The van der Waals surface area contributed by atoms with E-state index in [9.17, 15) is 4.79 Å². The summed E-state index contributed by atoms with van der Waals surface area (Å²) >= 11 is 5.17. The van der Waals surface area contributed by atoms with Crippen LogP contribution in [0.3, 0.4) is 0 Å². The molecule has 0 N–H and O–H groups in total. The summed E-state index contributed by atoms with van der Waals surface area (Å²) in [6, 6.07) is 8.27. The van der Waals surface area contributed by atoms with Crippen LogP contribution in [0.4, 0.5) is 0 Å². The lowest BCUT2D eigenvalue weighted by Gasteiger charge is -2.25. The van der Waals surface area contributed by atoms with E-state index in [1.54, 1.807) is 11.8 Å². The number of hydrogen-bond donors (Lipinski definition) is 0. The Morgan fingerprint density at radius 1 is 1.35 bits per heavy atom. The third-order valence-electron chi connectivity index (χ3n) is 3.13. The minimum absolute atomic E-state index is 0. The number of thioether (sulfide) groups is 1. The van der Waals surface area contributed by atoms with Gasteiger partial charge in [-0.05, 0) is 44.8 Å². The fourth-order valence-electron chi connectivity index (χ4n) is 2.16. The van der Waals surface area contributed by atoms with Crippen LogP contribution in [-0.2, 0) is 4.79 Å². The monoisotopic (exact) mass is 378 g/mol. The standard InChI is InChI=1S/C14H19BrN2OS.ClH/c1-16(2)8-3-9-17-13(18)10-19-14(17)11-4-6-12(15)7-5-11;/h4-7,14H,3,8-10H2,1-2H3;1H. The Bertz CT molecular complexity index is 441. The Morgan fingerprint density at radius 2 is 2.00 bits per heavy atom. The SMILES string of the molecule is CN(C)CCCN1C(=O)CSC1c1ccc(Br)cc1.Cl. The first kappa shape index (κ1) is 17.8. The summed E-state index contributed by atoms with van der Waals surface area (Å²) in [7, 11) is 4.12. The van der Waals surface area contributed by atoms with Gasteiger partial charge < -0.3 is 9.80 Å². The van der Waals surface area contributed by atoms with E-state index >= 15 is 0 Å². The average molecular weight is 380 g/mol. The van der Waals surface area contributed by atoms with E-state index in [2.05, 4.69) is 47.1 Å². The summed E-state index contributed by atoms with van der Waals surface area (Å²) in [5, 5.41) is 0.183. The Balaban J connectivity index is 0.00000200. The van der Waals surface area contributed by atoms with Crippen LogP contribution in [-0.4, -0.2) is 48.6 Å². The first-order valence-corrected chi connectivity index (χ1v) is 8.23. The van der Waals surface area contributed by atoms with E-state index in [-0.39, 0.29) is 23.7 Å². The fraction of sp³-hybridized carbons (Fsp3) is 0.500. The second kappa shape index (κ2) is 8.27. The molecule has 0 spiro atoms. The van der Waals surface area contributed by atoms with Crippen molar-refractivity contribution in [2.24, 2.45) is 0 Å². The minimum Gasteiger partial charge on any atom is -0.326 e. The van der Waals surface area contributed by atoms with Gasteiger partial charge in [0.15, 0.2) is 0 Å². The van der Waals surface area contributed by atoms with Crippen molar-refractivity contribution in [1.82, 2.24) is 9.80 Å². The van der Waals surface area contributed by atoms with E-state index in [0.29, 0.717) is 5.75 Å². The lowest BCUT2D eigenvalue weighted by molar-refractivity contribution is -0.128. The topological polar surface area (TPSA) is 23.6 Å². The predicted molar refractivity (Wildman–Crippen MR) is 91.5 cm³/mol. The summed E-state index contributed by atoms with van der Waals surface area (Å²) in [5.41, 5.74) is 1.21. The number of halogens is 2. The van der Waals surface area contributed by atoms with E-state index in [4.69, 9.17) is 0 Å². The van der Waals surface area contributed by atoms with Crippen molar-refractivity contribution in [2.45, 2.75) is 11.8 Å². The molecule has 1 aromatic carbocycles. The number of nitrogens with zero attached hydrogens (tertiary/aromatic N) is 2. The quantitative estimate of drug-likeness (QED) is 0.783. The third-order valence-corrected chi connectivity index (χ3v) is 4.91. The Kier molecular flexibility index (Phi) is 7.37. The van der Waals surface area contributed by atoms with Gasteiger partial charge in [0.25, 0.3) is 0 Å². The van der Waals surface area contributed by atoms with E-state index in [1.165, 1.54) is 5.56 Å². The first-order valence-electron chi connectivity index (χ1n) is 6.39. The van der Waals surface area contributed by atoms with Crippen molar-refractivity contribution in [1.29, 1.82) is 0 Å². The Labute approximate surface area is 139 Å². The summed E-state index contributed by atoms with van der Waals surface area (Å²) < 4.78 is 1.07. The molecule has 1 fully saturated rings. The number of hydrogen-bond acceptors (Lipinski definition) is 3. The highest BCUT2D eigenvalue weighted by molar-refractivity contribution is 9.10. The van der Waals surface area contributed by atoms with E-state index in [1.807, 2.05) is 17.0 Å². The molecule has 1 aliphatic rings. The van der Waals surface area contributed by atoms with Gasteiger partial charge in [0.1, 0.15) is 5.37 Å². The van der Waals surface area contributed by atoms with Crippen molar-refractivity contribution in [3.05, 3.63) is 34.3 Å². The van der Waals surface area contributed by atoms with Gasteiger partial charge in [-0.3, -0.25) is 4.79 Å². The van der Waals surface area contributed by atoms with E-state index in [0.717, 1.165) is 24.0 Å². The van der Waals surface area contributed by atoms with Crippen LogP contribution in [0.1, 0.15) is 17.4 Å². The molecule has 112 valence electrons. The van der Waals surface area contributed by atoms with Gasteiger partial charge in [-0.1, -0.05) is 28.1 Å². The van der Waals surface area contributed by atoms with Gasteiger partial charge in [-0.25, -0.2) is 0 Å². The number of amides is 1. The van der Waals surface area contributed by atoms with Gasteiger partial charge in [0.2, 0.25) is 5.91 Å². The third kappa shape index (κ3) is 4.65. The second-order valence-electron chi connectivity index (χ2n) is 4.96. The van der Waals surface area contributed by atoms with Crippen LogP contribution >= 0.6 is 40.1 Å². The van der Waals surface area contributed by atoms with Gasteiger partial charge in [0, 0.05) is 11.0 Å². The second-order valence-corrected chi connectivity index (χ2v) is 6.94. The molecule has 1 atom stereocenters. The molecule has 0 radical (unpaired) electrons. The molecule has 6 heteroatoms. The molecule has 2 rings (SSSR count). The van der Waals surface area contributed by atoms with Gasteiger partial charge in [-0.15, -0.1) is 24.2 Å². The van der Waals surface area contributed by atoms with Crippen molar-refractivity contribution in [3.63, 3.8) is 0 Å². The van der Waals surface area contributed by atoms with Crippen LogP contribution in [0.2, 0.25) is 0 Å². The number of carbonyl (C=O) groups is 1. The lowest BCUT2D eigenvalue weighted by atomic mass is 10.2. The Hall–Kier alpha value is -0.230. The molecule has 1 amide bonds. The molecule has 1 aromatic rings. The lowest BCUT2D eigenvalue weighted by Crippen LogP contribution is -2.31. The Morgan fingerprint density at radius 3 is 2.60 bits per heavy atom. The number of rotatable bonds is 5. The summed E-state index contributed by atoms with van der Waals surface area (Å²) in [4.78, 5) is 16.1. The first-order chi connectivity index (χ1) is 9.08. The van der Waals surface area contributed by atoms with Gasteiger partial charge in [-0.2, -0.15) is 0 Å². The van der Waals surface area contributed by atoms with Crippen LogP contribution in [0.5, 0.6) is 0 Å². The highest BCUT2D eigenvalue weighted by atomic mass is 79.9. The minimum atomic E-state index is 0. The molecular weight excluding hydrogens is 360 g/mol. The zero-order valence-electron chi connectivity index (χ0n) is 11.7. The predicted octanol–water partition coefficient (Wildman–Crippen LogP) is 3.40. The highest BCUT2D eigenvalue weighted by Crippen LogP contribution is 2.38. The van der Waals surface area contributed by atoms with Gasteiger partial charge in [0.05, 0.1) is 5.75 Å². The van der Waals surface area contributed by atoms with Crippen LogP contribution < -0.4 is 0 Å². The summed E-state index contributed by atoms with van der Waals surface area (Å²) in [6.07, 6.45) is 1.02.